The first-order valence-corrected chi connectivity index (χ1v) is 2.94. The molecule has 0 aromatic rings. The van der Waals surface area contributed by atoms with E-state index in [1.54, 1.807) is 0 Å². The van der Waals surface area contributed by atoms with Crippen LogP contribution in [0.15, 0.2) is 0 Å². The van der Waals surface area contributed by atoms with Crippen molar-refractivity contribution in [3.63, 3.8) is 0 Å². The van der Waals surface area contributed by atoms with Gasteiger partial charge in [0.2, 0.25) is 0 Å². The Morgan fingerprint density at radius 1 is 1.80 bits per heavy atom. The van der Waals surface area contributed by atoms with Gasteiger partial charge >= 0.3 is 6.09 Å². The van der Waals surface area contributed by atoms with E-state index in [4.69, 9.17) is 5.73 Å². The predicted molar refractivity (Wildman–Crippen MR) is 39.2 cm³/mol. The molecule has 5 heteroatoms. The number of nitrogens with one attached hydrogen (secondary N) is 1. The van der Waals surface area contributed by atoms with Gasteiger partial charge in [0, 0.05) is 6.04 Å². The van der Waals surface area contributed by atoms with E-state index >= 15 is 0 Å². The van der Waals surface area contributed by atoms with Crippen molar-refractivity contribution >= 4 is 18.5 Å². The maximum absolute atomic E-state index is 10.0. The maximum Gasteiger partial charge on any atom is 0.404 e. The number of hydrogen-bond acceptors (Lipinski definition) is 3. The van der Waals surface area contributed by atoms with Crippen LogP contribution >= 0.6 is 12.4 Å². The van der Waals surface area contributed by atoms with E-state index in [2.05, 4.69) is 10.1 Å². The van der Waals surface area contributed by atoms with E-state index in [-0.39, 0.29) is 12.4 Å². The Morgan fingerprint density at radius 3 is 2.70 bits per heavy atom. The molecule has 1 amide bonds. The smallest absolute Gasteiger partial charge is 0.404 e. The number of carbonyl (C=O) groups excluding carboxylic acids is 1. The topological polar surface area (TPSA) is 64.4 Å². The second kappa shape index (κ2) is 4.35. The average Bonchev–Trinajstić information content (AvgIpc) is 1.60. The number of hydrogen-bond donors (Lipinski definition) is 2. The van der Waals surface area contributed by atoms with Crippen LogP contribution in [0.4, 0.5) is 4.79 Å². The molecule has 0 saturated carbocycles. The summed E-state index contributed by atoms with van der Waals surface area (Å²) in [5, 5.41) is 3.07. The average molecular weight is 167 g/mol. The number of carbonyl (C=O) groups is 1. The minimum Gasteiger partial charge on any atom is -0.448 e. The number of amides is 1. The van der Waals surface area contributed by atoms with Crippen LogP contribution in [0.1, 0.15) is 6.42 Å². The molecule has 0 bridgehead atoms. The van der Waals surface area contributed by atoms with E-state index in [1.165, 1.54) is 0 Å². The van der Waals surface area contributed by atoms with Gasteiger partial charge in [-0.2, -0.15) is 0 Å². The van der Waals surface area contributed by atoms with E-state index in [0.29, 0.717) is 12.6 Å². The highest BCUT2D eigenvalue weighted by Crippen LogP contribution is 2.00. The van der Waals surface area contributed by atoms with Gasteiger partial charge in [-0.3, -0.25) is 0 Å². The number of rotatable bonds is 2. The zero-order chi connectivity index (χ0) is 6.69. The standard InChI is InChI=1S/C5H10N2O2.ClH/c6-5(8)9-3-4-1-2-7-4;/h4,7H,1-3H2,(H2,6,8);1H. The number of halogens is 1. The SMILES string of the molecule is Cl.NC(=O)OCC1CCN1. The van der Waals surface area contributed by atoms with E-state index in [1.807, 2.05) is 0 Å². The lowest BCUT2D eigenvalue weighted by molar-refractivity contribution is 0.129. The number of primary amides is 1. The molecule has 1 rings (SSSR count). The lowest BCUT2D eigenvalue weighted by atomic mass is 10.1. The van der Waals surface area contributed by atoms with Crippen molar-refractivity contribution in [2.75, 3.05) is 13.2 Å². The third kappa shape index (κ3) is 2.89. The van der Waals surface area contributed by atoms with Crippen molar-refractivity contribution in [3.8, 4) is 0 Å². The molecule has 0 aromatic carbocycles. The van der Waals surface area contributed by atoms with E-state index in [9.17, 15) is 4.79 Å². The molecule has 3 N–H and O–H groups in total. The summed E-state index contributed by atoms with van der Waals surface area (Å²) in [7, 11) is 0. The minimum atomic E-state index is -0.691. The summed E-state index contributed by atoms with van der Waals surface area (Å²) < 4.78 is 4.52. The quantitative estimate of drug-likeness (QED) is 0.601. The van der Waals surface area contributed by atoms with Crippen molar-refractivity contribution in [1.82, 2.24) is 5.32 Å². The first-order chi connectivity index (χ1) is 4.29. The molecular weight excluding hydrogens is 156 g/mol. The van der Waals surface area contributed by atoms with Gasteiger partial charge in [-0.05, 0) is 13.0 Å². The van der Waals surface area contributed by atoms with Gasteiger partial charge in [-0.25, -0.2) is 4.79 Å². The lowest BCUT2D eigenvalue weighted by Crippen LogP contribution is -2.46. The number of nitrogens with two attached hydrogens (primary N) is 1. The molecule has 60 valence electrons. The van der Waals surface area contributed by atoms with Gasteiger partial charge in [0.15, 0.2) is 0 Å². The van der Waals surface area contributed by atoms with Gasteiger partial charge in [0.25, 0.3) is 0 Å². The summed E-state index contributed by atoms with van der Waals surface area (Å²) in [4.78, 5) is 10.0. The van der Waals surface area contributed by atoms with Crippen LogP contribution in [0, 0.1) is 0 Å². The van der Waals surface area contributed by atoms with Crippen molar-refractivity contribution in [3.05, 3.63) is 0 Å². The maximum atomic E-state index is 10.0. The van der Waals surface area contributed by atoms with Gasteiger partial charge in [-0.1, -0.05) is 0 Å². The Morgan fingerprint density at radius 2 is 2.40 bits per heavy atom. The molecule has 0 aromatic heterocycles. The molecule has 1 heterocycles. The fourth-order valence-corrected chi connectivity index (χ4v) is 0.673. The summed E-state index contributed by atoms with van der Waals surface area (Å²) in [6.45, 7) is 1.43. The summed E-state index contributed by atoms with van der Waals surface area (Å²) in [5.41, 5.74) is 4.73. The zero-order valence-corrected chi connectivity index (χ0v) is 6.32. The molecule has 0 radical (unpaired) electrons. The third-order valence-corrected chi connectivity index (χ3v) is 1.35. The fraction of sp³-hybridized carbons (Fsp3) is 0.800. The largest absolute Gasteiger partial charge is 0.448 e. The van der Waals surface area contributed by atoms with Crippen LogP contribution in [0.2, 0.25) is 0 Å². The normalized spacial score (nSPS) is 22.2. The van der Waals surface area contributed by atoms with Gasteiger partial charge < -0.3 is 15.8 Å². The van der Waals surface area contributed by atoms with E-state index < -0.39 is 6.09 Å². The molecular formula is C5H11ClN2O2. The molecule has 1 saturated heterocycles. The van der Waals surface area contributed by atoms with Crippen molar-refractivity contribution in [2.24, 2.45) is 5.73 Å². The molecule has 0 aliphatic carbocycles. The van der Waals surface area contributed by atoms with Crippen molar-refractivity contribution < 1.29 is 9.53 Å². The number of ether oxygens (including phenoxy) is 1. The lowest BCUT2D eigenvalue weighted by Gasteiger charge is -2.26. The molecule has 1 aliphatic rings. The van der Waals surface area contributed by atoms with Crippen LogP contribution in [0.5, 0.6) is 0 Å². The summed E-state index contributed by atoms with van der Waals surface area (Å²) >= 11 is 0. The predicted octanol–water partition coefficient (Wildman–Crippen LogP) is -0.135. The van der Waals surface area contributed by atoms with Crippen LogP contribution in [0.25, 0.3) is 0 Å². The molecule has 0 spiro atoms. The highest BCUT2D eigenvalue weighted by Gasteiger charge is 2.16. The Bertz CT molecular complexity index is 116. The summed E-state index contributed by atoms with van der Waals surface area (Å²) in [6.07, 6.45) is 0.386. The summed E-state index contributed by atoms with van der Waals surface area (Å²) in [6, 6.07) is 0.345. The molecule has 1 unspecified atom stereocenters. The molecule has 1 aliphatic heterocycles. The first-order valence-electron chi connectivity index (χ1n) is 2.94. The van der Waals surface area contributed by atoms with Crippen LogP contribution in [0.3, 0.4) is 0 Å². The van der Waals surface area contributed by atoms with Crippen LogP contribution in [-0.4, -0.2) is 25.3 Å². The van der Waals surface area contributed by atoms with E-state index in [0.717, 1.165) is 13.0 Å². The Kier molecular flexibility index (Phi) is 4.14. The minimum absolute atomic E-state index is 0. The van der Waals surface area contributed by atoms with Crippen molar-refractivity contribution in [2.45, 2.75) is 12.5 Å². The molecule has 10 heavy (non-hydrogen) atoms. The van der Waals surface area contributed by atoms with Gasteiger partial charge in [-0.15, -0.1) is 12.4 Å². The highest BCUT2D eigenvalue weighted by atomic mass is 35.5. The molecule has 1 atom stereocenters. The zero-order valence-electron chi connectivity index (χ0n) is 5.50. The van der Waals surface area contributed by atoms with Gasteiger partial charge in [0.1, 0.15) is 6.61 Å². The van der Waals surface area contributed by atoms with Gasteiger partial charge in [0.05, 0.1) is 0 Å². The van der Waals surface area contributed by atoms with Crippen LogP contribution in [-0.2, 0) is 4.74 Å². The monoisotopic (exact) mass is 166 g/mol. The Hall–Kier alpha value is -0.480. The first kappa shape index (κ1) is 9.52. The molecule has 1 fully saturated rings. The highest BCUT2D eigenvalue weighted by molar-refractivity contribution is 5.85. The van der Waals surface area contributed by atoms with Crippen LogP contribution < -0.4 is 11.1 Å². The third-order valence-electron chi connectivity index (χ3n) is 1.35. The Labute approximate surface area is 65.5 Å². The molecule has 4 nitrogen and oxygen atoms in total. The Balaban J connectivity index is 0.000000810. The summed E-state index contributed by atoms with van der Waals surface area (Å²) in [5.74, 6) is 0. The second-order valence-corrected chi connectivity index (χ2v) is 2.07. The van der Waals surface area contributed by atoms with Crippen molar-refractivity contribution in [1.29, 1.82) is 0 Å². The fourth-order valence-electron chi connectivity index (χ4n) is 0.673. The second-order valence-electron chi connectivity index (χ2n) is 2.07.